The summed E-state index contributed by atoms with van der Waals surface area (Å²) in [5.41, 5.74) is 0. The van der Waals surface area contributed by atoms with E-state index in [1.54, 1.807) is 0 Å². The Morgan fingerprint density at radius 3 is 1.93 bits per heavy atom. The van der Waals surface area contributed by atoms with Gasteiger partial charge in [0.05, 0.1) is 34.4 Å². The fourth-order valence-corrected chi connectivity index (χ4v) is 4.71. The molecule has 0 spiro atoms. The molecule has 0 bridgehead atoms. The molecule has 0 aliphatic heterocycles. The van der Waals surface area contributed by atoms with Gasteiger partial charge >= 0.3 is 13.8 Å². The number of phosphoric ester groups is 1. The number of carbonyl (C=O) groups is 1. The molecule has 0 saturated heterocycles. The van der Waals surface area contributed by atoms with Crippen LogP contribution in [0.2, 0.25) is 0 Å². The molecule has 41 heavy (non-hydrogen) atoms. The second-order valence-corrected chi connectivity index (χ2v) is 13.3. The van der Waals surface area contributed by atoms with Crippen molar-refractivity contribution in [1.82, 2.24) is 0 Å². The Kier molecular flexibility index (Phi) is 25.9. The largest absolute Gasteiger partial charge is 0.472 e. The topological polar surface area (TPSA) is 91.3 Å². The Bertz CT molecular complexity index is 721. The fraction of sp³-hybridized carbons (Fsp3) is 0.844. The zero-order valence-corrected chi connectivity index (χ0v) is 27.9. The number of hydrogen-bond acceptors (Lipinski definition) is 6. The highest BCUT2D eigenvalue weighted by atomic mass is 31.2. The number of phosphoric acid groups is 1. The molecular formula is C32H63NO7P+. The quantitative estimate of drug-likeness (QED) is 0.0303. The van der Waals surface area contributed by atoms with Crippen LogP contribution in [0.15, 0.2) is 24.3 Å². The third-order valence-electron chi connectivity index (χ3n) is 6.49. The first-order chi connectivity index (χ1) is 19.6. The number of likely N-dealkylation sites (N-methyl/N-ethyl adjacent to an activating group) is 1. The molecule has 0 fully saturated rings. The van der Waals surface area contributed by atoms with E-state index in [1.165, 1.54) is 70.6 Å². The lowest BCUT2D eigenvalue weighted by Gasteiger charge is -2.24. The molecule has 0 saturated carbocycles. The molecule has 9 heteroatoms. The standard InChI is InChI=1S/C32H62NO7P/c1-6-8-9-10-11-12-13-14-15-16-17-18-19-20-21-22-23-24-27-37-29-31(40-32(34)25-7-2)30-39-41(35,36)38-28-26-33(3,4)5/h11-12,14-15,31H,6-10,13,16-30H2,1-5H3/p+1/b12-11-,15-14-. The maximum atomic E-state index is 12.2. The first-order valence-corrected chi connectivity index (χ1v) is 17.6. The molecule has 0 amide bonds. The maximum Gasteiger partial charge on any atom is 0.472 e. The molecule has 2 unspecified atom stereocenters. The van der Waals surface area contributed by atoms with E-state index >= 15 is 0 Å². The third-order valence-corrected chi connectivity index (χ3v) is 7.47. The lowest BCUT2D eigenvalue weighted by Crippen LogP contribution is -2.37. The molecule has 0 aromatic heterocycles. The monoisotopic (exact) mass is 604 g/mol. The van der Waals surface area contributed by atoms with Gasteiger partial charge in [0.25, 0.3) is 0 Å². The van der Waals surface area contributed by atoms with E-state index in [-0.39, 0.29) is 32.2 Å². The Morgan fingerprint density at radius 1 is 0.756 bits per heavy atom. The van der Waals surface area contributed by atoms with Gasteiger partial charge in [-0.15, -0.1) is 0 Å². The summed E-state index contributed by atoms with van der Waals surface area (Å²) in [6.07, 6.45) is 26.4. The van der Waals surface area contributed by atoms with Crippen molar-refractivity contribution < 1.29 is 37.3 Å². The third kappa shape index (κ3) is 30.2. The van der Waals surface area contributed by atoms with Gasteiger partial charge in [-0.3, -0.25) is 13.8 Å². The van der Waals surface area contributed by atoms with Crippen LogP contribution in [0.1, 0.15) is 117 Å². The van der Waals surface area contributed by atoms with Gasteiger partial charge in [0.15, 0.2) is 0 Å². The van der Waals surface area contributed by atoms with E-state index < -0.39 is 13.9 Å². The number of rotatable bonds is 29. The van der Waals surface area contributed by atoms with Crippen LogP contribution in [0.5, 0.6) is 0 Å². The van der Waals surface area contributed by atoms with Gasteiger partial charge in [-0.05, 0) is 44.9 Å². The number of quaternary nitrogens is 1. The lowest BCUT2D eigenvalue weighted by atomic mass is 10.1. The molecule has 0 aromatic rings. The zero-order chi connectivity index (χ0) is 30.7. The molecule has 0 radical (unpaired) electrons. The summed E-state index contributed by atoms with van der Waals surface area (Å²) in [5.74, 6) is -0.371. The summed E-state index contributed by atoms with van der Waals surface area (Å²) in [4.78, 5) is 21.9. The molecule has 0 aliphatic carbocycles. The van der Waals surface area contributed by atoms with E-state index in [4.69, 9.17) is 18.5 Å². The second-order valence-electron chi connectivity index (χ2n) is 11.8. The van der Waals surface area contributed by atoms with Crippen molar-refractivity contribution in [2.45, 2.75) is 123 Å². The summed E-state index contributed by atoms with van der Waals surface area (Å²) in [6.45, 7) is 5.20. The minimum atomic E-state index is -4.23. The van der Waals surface area contributed by atoms with Crippen molar-refractivity contribution in [2.75, 3.05) is 54.1 Å². The smallest absolute Gasteiger partial charge is 0.457 e. The van der Waals surface area contributed by atoms with Crippen LogP contribution in [-0.4, -0.2) is 75.6 Å². The lowest BCUT2D eigenvalue weighted by molar-refractivity contribution is -0.870. The number of allylic oxidation sites excluding steroid dienone is 4. The van der Waals surface area contributed by atoms with Crippen LogP contribution >= 0.6 is 7.82 Å². The number of hydrogen-bond donors (Lipinski definition) is 1. The van der Waals surface area contributed by atoms with E-state index in [0.29, 0.717) is 24.1 Å². The van der Waals surface area contributed by atoms with E-state index in [0.717, 1.165) is 19.3 Å². The minimum Gasteiger partial charge on any atom is -0.457 e. The van der Waals surface area contributed by atoms with Crippen LogP contribution in [-0.2, 0) is 27.9 Å². The normalized spacial score (nSPS) is 14.6. The van der Waals surface area contributed by atoms with Gasteiger partial charge < -0.3 is 18.9 Å². The highest BCUT2D eigenvalue weighted by Gasteiger charge is 2.26. The zero-order valence-electron chi connectivity index (χ0n) is 27.0. The highest BCUT2D eigenvalue weighted by Crippen LogP contribution is 2.43. The van der Waals surface area contributed by atoms with Gasteiger partial charge in [0.2, 0.25) is 0 Å². The molecule has 0 aliphatic rings. The molecule has 1 N–H and O–H groups in total. The SMILES string of the molecule is CCCCC/C=C\C/C=C\CCCCCCCCCCOCC(COP(=O)(O)OCC[N+](C)(C)C)OC(=O)CCC. The number of ether oxygens (including phenoxy) is 2. The first-order valence-electron chi connectivity index (χ1n) is 16.1. The summed E-state index contributed by atoms with van der Waals surface area (Å²) < 4.78 is 34.0. The van der Waals surface area contributed by atoms with Crippen molar-refractivity contribution in [3.63, 3.8) is 0 Å². The molecule has 8 nitrogen and oxygen atoms in total. The minimum absolute atomic E-state index is 0.0861. The summed E-state index contributed by atoms with van der Waals surface area (Å²) in [6, 6.07) is 0. The molecule has 242 valence electrons. The molecule has 0 aromatic carbocycles. The average Bonchev–Trinajstić information content (AvgIpc) is 2.89. The summed E-state index contributed by atoms with van der Waals surface area (Å²) >= 11 is 0. The average molecular weight is 605 g/mol. The van der Waals surface area contributed by atoms with Gasteiger partial charge in [0.1, 0.15) is 19.3 Å². The fourth-order valence-electron chi connectivity index (χ4n) is 3.97. The Balaban J connectivity index is 3.91. The van der Waals surface area contributed by atoms with Crippen molar-refractivity contribution in [2.24, 2.45) is 0 Å². The number of carbonyl (C=O) groups excluding carboxylic acids is 1. The van der Waals surface area contributed by atoms with Crippen LogP contribution in [0.3, 0.4) is 0 Å². The van der Waals surface area contributed by atoms with E-state index in [9.17, 15) is 14.3 Å². The Hall–Kier alpha value is -1.02. The number of esters is 1. The maximum absolute atomic E-state index is 12.2. The molecule has 0 heterocycles. The number of unbranched alkanes of at least 4 members (excludes halogenated alkanes) is 11. The van der Waals surface area contributed by atoms with Crippen LogP contribution in [0.4, 0.5) is 0 Å². The van der Waals surface area contributed by atoms with E-state index in [1.807, 2.05) is 28.1 Å². The van der Waals surface area contributed by atoms with Gasteiger partial charge in [0, 0.05) is 13.0 Å². The predicted octanol–water partition coefficient (Wildman–Crippen LogP) is 8.15. The van der Waals surface area contributed by atoms with Crippen LogP contribution in [0.25, 0.3) is 0 Å². The Labute approximate surface area is 252 Å². The van der Waals surface area contributed by atoms with Crippen LogP contribution in [0, 0.1) is 0 Å². The predicted molar refractivity (Wildman–Crippen MR) is 169 cm³/mol. The Morgan fingerprint density at radius 2 is 1.34 bits per heavy atom. The molecule has 2 atom stereocenters. The molecular weight excluding hydrogens is 541 g/mol. The van der Waals surface area contributed by atoms with Crippen molar-refractivity contribution in [3.8, 4) is 0 Å². The number of nitrogens with zero attached hydrogens (tertiary/aromatic N) is 1. The van der Waals surface area contributed by atoms with Gasteiger partial charge in [-0.2, -0.15) is 0 Å². The van der Waals surface area contributed by atoms with Gasteiger partial charge in [-0.25, -0.2) is 4.57 Å². The first kappa shape index (κ1) is 40.0. The van der Waals surface area contributed by atoms with Crippen molar-refractivity contribution >= 4 is 13.8 Å². The molecule has 0 rings (SSSR count). The van der Waals surface area contributed by atoms with E-state index in [2.05, 4.69) is 31.2 Å². The highest BCUT2D eigenvalue weighted by molar-refractivity contribution is 7.47. The van der Waals surface area contributed by atoms with Crippen molar-refractivity contribution in [1.29, 1.82) is 0 Å². The van der Waals surface area contributed by atoms with Crippen molar-refractivity contribution in [3.05, 3.63) is 24.3 Å². The summed E-state index contributed by atoms with van der Waals surface area (Å²) in [5, 5.41) is 0. The van der Waals surface area contributed by atoms with Crippen LogP contribution < -0.4 is 0 Å². The summed E-state index contributed by atoms with van der Waals surface area (Å²) in [7, 11) is 1.65. The van der Waals surface area contributed by atoms with Gasteiger partial charge in [-0.1, -0.05) is 89.5 Å². The second kappa shape index (κ2) is 26.6.